The second-order valence-corrected chi connectivity index (χ2v) is 5.61. The van der Waals surface area contributed by atoms with Crippen LogP contribution in [0.5, 0.6) is 0 Å². The highest BCUT2D eigenvalue weighted by Gasteiger charge is 2.20. The first-order chi connectivity index (χ1) is 11.5. The molecule has 24 heavy (non-hydrogen) atoms. The lowest BCUT2D eigenvalue weighted by Gasteiger charge is -2.17. The number of para-hydroxylation sites is 1. The highest BCUT2D eigenvalue weighted by atomic mass is 16.4. The summed E-state index contributed by atoms with van der Waals surface area (Å²) in [4.78, 5) is 24.0. The molecule has 1 heterocycles. The molecule has 0 saturated carbocycles. The number of amides is 2. The number of aryl methyl sites for hydroxylation is 1. The largest absolute Gasteiger partial charge is 0.467 e. The normalized spacial score (nSPS) is 13.1. The molecule has 0 aliphatic heterocycles. The Balaban J connectivity index is 1.88. The maximum Gasteiger partial charge on any atom is 0.313 e. The van der Waals surface area contributed by atoms with Crippen molar-refractivity contribution in [1.29, 1.82) is 0 Å². The molecule has 0 radical (unpaired) electrons. The van der Waals surface area contributed by atoms with Crippen LogP contribution < -0.4 is 10.6 Å². The van der Waals surface area contributed by atoms with E-state index in [0.717, 1.165) is 12.0 Å². The first-order valence-corrected chi connectivity index (χ1v) is 7.92. The lowest BCUT2D eigenvalue weighted by Crippen LogP contribution is -2.41. The third-order valence-electron chi connectivity index (χ3n) is 3.68. The Morgan fingerprint density at radius 2 is 1.92 bits per heavy atom. The smallest absolute Gasteiger partial charge is 0.313 e. The average molecular weight is 330 g/mol. The zero-order valence-electron chi connectivity index (χ0n) is 13.8. The number of furan rings is 1. The van der Waals surface area contributed by atoms with Crippen LogP contribution in [-0.4, -0.2) is 23.0 Å². The molecule has 3 N–H and O–H groups in total. The number of rotatable bonds is 6. The summed E-state index contributed by atoms with van der Waals surface area (Å²) in [5.74, 6) is -1.03. The van der Waals surface area contributed by atoms with Crippen LogP contribution in [0.2, 0.25) is 0 Å². The first kappa shape index (κ1) is 17.7. The van der Waals surface area contributed by atoms with E-state index in [1.807, 2.05) is 19.1 Å². The molecule has 0 spiro atoms. The Hall–Kier alpha value is -2.60. The van der Waals surface area contributed by atoms with Crippen LogP contribution in [0, 0.1) is 0 Å². The number of carbonyl (C=O) groups excluding carboxylic acids is 2. The highest BCUT2D eigenvalue weighted by molar-refractivity contribution is 6.39. The van der Waals surface area contributed by atoms with Crippen molar-refractivity contribution in [2.45, 2.75) is 38.8 Å². The van der Waals surface area contributed by atoms with E-state index in [0.29, 0.717) is 11.4 Å². The summed E-state index contributed by atoms with van der Waals surface area (Å²) < 4.78 is 5.11. The molecular weight excluding hydrogens is 308 g/mol. The van der Waals surface area contributed by atoms with Gasteiger partial charge in [0.15, 0.2) is 0 Å². The molecular formula is C18H22N2O4. The van der Waals surface area contributed by atoms with Gasteiger partial charge in [0.25, 0.3) is 0 Å². The zero-order valence-corrected chi connectivity index (χ0v) is 13.8. The van der Waals surface area contributed by atoms with E-state index in [1.165, 1.54) is 6.26 Å². The van der Waals surface area contributed by atoms with Crippen LogP contribution in [0.1, 0.15) is 37.7 Å². The van der Waals surface area contributed by atoms with Crippen LogP contribution in [0.25, 0.3) is 0 Å². The minimum atomic E-state index is -0.834. The first-order valence-electron chi connectivity index (χ1n) is 7.92. The predicted molar refractivity (Wildman–Crippen MR) is 90.3 cm³/mol. The zero-order chi connectivity index (χ0) is 17.5. The van der Waals surface area contributed by atoms with Crippen molar-refractivity contribution in [2.24, 2.45) is 0 Å². The van der Waals surface area contributed by atoms with Crippen molar-refractivity contribution < 1.29 is 19.1 Å². The fourth-order valence-electron chi connectivity index (χ4n) is 2.41. The molecule has 128 valence electrons. The van der Waals surface area contributed by atoms with Gasteiger partial charge in [0.1, 0.15) is 11.9 Å². The second-order valence-electron chi connectivity index (χ2n) is 5.61. The molecule has 2 amide bonds. The number of hydrogen-bond acceptors (Lipinski definition) is 4. The van der Waals surface area contributed by atoms with Gasteiger partial charge in [0.05, 0.1) is 6.26 Å². The third kappa shape index (κ3) is 4.70. The Morgan fingerprint density at radius 1 is 1.17 bits per heavy atom. The van der Waals surface area contributed by atoms with E-state index in [4.69, 9.17) is 4.42 Å². The molecule has 0 fully saturated rings. The average Bonchev–Trinajstić information content (AvgIpc) is 3.09. The van der Waals surface area contributed by atoms with E-state index in [2.05, 4.69) is 10.6 Å². The van der Waals surface area contributed by atoms with Gasteiger partial charge in [-0.1, -0.05) is 25.1 Å². The summed E-state index contributed by atoms with van der Waals surface area (Å²) in [5, 5.41) is 15.2. The van der Waals surface area contributed by atoms with Crippen LogP contribution in [0.15, 0.2) is 47.1 Å². The van der Waals surface area contributed by atoms with Crippen LogP contribution in [0.3, 0.4) is 0 Å². The van der Waals surface area contributed by atoms with E-state index in [-0.39, 0.29) is 12.5 Å². The van der Waals surface area contributed by atoms with Crippen molar-refractivity contribution in [3.63, 3.8) is 0 Å². The molecule has 1 aromatic heterocycles. The van der Waals surface area contributed by atoms with Gasteiger partial charge >= 0.3 is 11.8 Å². The number of hydrogen-bond donors (Lipinski definition) is 3. The van der Waals surface area contributed by atoms with Gasteiger partial charge in [-0.25, -0.2) is 0 Å². The molecule has 0 aliphatic rings. The van der Waals surface area contributed by atoms with E-state index < -0.39 is 17.9 Å². The molecule has 6 heteroatoms. The predicted octanol–water partition coefficient (Wildman–Crippen LogP) is 2.41. The molecule has 0 bridgehead atoms. The van der Waals surface area contributed by atoms with Crippen molar-refractivity contribution in [1.82, 2.24) is 5.32 Å². The Bertz CT molecular complexity index is 682. The van der Waals surface area contributed by atoms with E-state index >= 15 is 0 Å². The molecule has 2 unspecified atom stereocenters. The topological polar surface area (TPSA) is 91.6 Å². The summed E-state index contributed by atoms with van der Waals surface area (Å²) in [5.41, 5.74) is 1.59. The summed E-state index contributed by atoms with van der Waals surface area (Å²) >= 11 is 0. The second kappa shape index (κ2) is 8.31. The Kier molecular flexibility index (Phi) is 6.14. The van der Waals surface area contributed by atoms with Crippen molar-refractivity contribution in [2.75, 3.05) is 5.32 Å². The standard InChI is InChI=1S/C18H22N2O4/c1-3-13-7-4-5-8-14(13)20-18(23)17(22)19-12(2)11-15(21)16-9-6-10-24-16/h4-10,12,15,21H,3,11H2,1-2H3,(H,19,22)(H,20,23). The van der Waals surface area contributed by atoms with Gasteiger partial charge < -0.3 is 20.2 Å². The monoisotopic (exact) mass is 330 g/mol. The maximum absolute atomic E-state index is 12.0. The maximum atomic E-state index is 12.0. The summed E-state index contributed by atoms with van der Waals surface area (Å²) in [6.07, 6.45) is 1.64. The SMILES string of the molecule is CCc1ccccc1NC(=O)C(=O)NC(C)CC(O)c1ccco1. The minimum absolute atomic E-state index is 0.248. The van der Waals surface area contributed by atoms with Gasteiger partial charge in [-0.05, 0) is 37.1 Å². The van der Waals surface area contributed by atoms with Gasteiger partial charge in [0, 0.05) is 18.2 Å². The van der Waals surface area contributed by atoms with Crippen LogP contribution in [0.4, 0.5) is 5.69 Å². The fourth-order valence-corrected chi connectivity index (χ4v) is 2.41. The number of aliphatic hydroxyl groups is 1. The van der Waals surface area contributed by atoms with Gasteiger partial charge in [-0.2, -0.15) is 0 Å². The van der Waals surface area contributed by atoms with Crippen molar-refractivity contribution >= 4 is 17.5 Å². The molecule has 2 aromatic rings. The highest BCUT2D eigenvalue weighted by Crippen LogP contribution is 2.18. The van der Waals surface area contributed by atoms with E-state index in [1.54, 1.807) is 31.2 Å². The summed E-state index contributed by atoms with van der Waals surface area (Å²) in [6, 6.07) is 10.3. The molecule has 2 rings (SSSR count). The number of benzene rings is 1. The molecule has 0 aliphatic carbocycles. The van der Waals surface area contributed by atoms with Crippen molar-refractivity contribution in [3.05, 3.63) is 54.0 Å². The fraction of sp³-hybridized carbons (Fsp3) is 0.333. The van der Waals surface area contributed by atoms with Gasteiger partial charge in [0.2, 0.25) is 0 Å². The number of anilines is 1. The Morgan fingerprint density at radius 3 is 2.58 bits per heavy atom. The third-order valence-corrected chi connectivity index (χ3v) is 3.68. The number of carbonyl (C=O) groups is 2. The van der Waals surface area contributed by atoms with Crippen LogP contribution in [-0.2, 0) is 16.0 Å². The van der Waals surface area contributed by atoms with Gasteiger partial charge in [-0.3, -0.25) is 9.59 Å². The molecule has 6 nitrogen and oxygen atoms in total. The minimum Gasteiger partial charge on any atom is -0.467 e. The Labute approximate surface area is 140 Å². The molecule has 0 saturated heterocycles. The number of nitrogens with one attached hydrogen (secondary N) is 2. The summed E-state index contributed by atoms with van der Waals surface area (Å²) in [6.45, 7) is 3.69. The van der Waals surface area contributed by atoms with Crippen molar-refractivity contribution in [3.8, 4) is 0 Å². The molecule has 2 atom stereocenters. The van der Waals surface area contributed by atoms with Gasteiger partial charge in [-0.15, -0.1) is 0 Å². The molecule has 1 aromatic carbocycles. The quantitative estimate of drug-likeness (QED) is 0.709. The van der Waals surface area contributed by atoms with E-state index in [9.17, 15) is 14.7 Å². The lowest BCUT2D eigenvalue weighted by molar-refractivity contribution is -0.136. The lowest BCUT2D eigenvalue weighted by atomic mass is 10.1. The summed E-state index contributed by atoms with van der Waals surface area (Å²) in [7, 11) is 0. The number of aliphatic hydroxyl groups excluding tert-OH is 1. The van der Waals surface area contributed by atoms with Crippen LogP contribution >= 0.6 is 0 Å².